The molecular formula is C15H21F3N2. The quantitative estimate of drug-likeness (QED) is 0.915. The van der Waals surface area contributed by atoms with E-state index in [1.165, 1.54) is 18.6 Å². The molecule has 2 rings (SSSR count). The molecule has 2 nitrogen and oxygen atoms in total. The van der Waals surface area contributed by atoms with Gasteiger partial charge in [-0.1, -0.05) is 18.2 Å². The third kappa shape index (κ3) is 4.21. The number of nitrogens with one attached hydrogen (secondary N) is 1. The van der Waals surface area contributed by atoms with Crippen LogP contribution in [0.2, 0.25) is 0 Å². The molecule has 1 saturated heterocycles. The maximum absolute atomic E-state index is 12.7. The number of rotatable bonds is 4. The normalized spacial score (nSPS) is 21.1. The summed E-state index contributed by atoms with van der Waals surface area (Å²) in [6, 6.07) is 5.66. The van der Waals surface area contributed by atoms with Gasteiger partial charge in [0.1, 0.15) is 0 Å². The smallest absolute Gasteiger partial charge is 0.319 e. The summed E-state index contributed by atoms with van der Waals surface area (Å²) in [6.07, 6.45) is -1.95. The molecule has 0 saturated carbocycles. The van der Waals surface area contributed by atoms with Gasteiger partial charge < -0.3 is 5.32 Å². The second kappa shape index (κ2) is 6.59. The Morgan fingerprint density at radius 3 is 2.85 bits per heavy atom. The Labute approximate surface area is 118 Å². The van der Waals surface area contributed by atoms with Crippen LogP contribution in [0.4, 0.5) is 13.2 Å². The van der Waals surface area contributed by atoms with Crippen molar-refractivity contribution in [2.75, 3.05) is 26.7 Å². The standard InChI is InChI=1S/C15H21F3N2/c1-19-9-13-5-3-7-20(11-13)10-12-4-2-6-14(8-12)15(16,17)18/h2,4,6,8,13,19H,3,5,7,9-11H2,1H3. The zero-order valence-corrected chi connectivity index (χ0v) is 11.7. The third-order valence-corrected chi connectivity index (χ3v) is 3.76. The molecule has 1 unspecified atom stereocenters. The van der Waals surface area contributed by atoms with Gasteiger partial charge in [-0.3, -0.25) is 4.90 Å². The van der Waals surface area contributed by atoms with Crippen LogP contribution in [-0.4, -0.2) is 31.6 Å². The number of benzene rings is 1. The number of hydrogen-bond acceptors (Lipinski definition) is 2. The molecule has 0 bridgehead atoms. The molecule has 0 radical (unpaired) electrons. The van der Waals surface area contributed by atoms with Crippen LogP contribution in [0.25, 0.3) is 0 Å². The van der Waals surface area contributed by atoms with Gasteiger partial charge >= 0.3 is 6.18 Å². The van der Waals surface area contributed by atoms with Crippen LogP contribution in [0.5, 0.6) is 0 Å². The van der Waals surface area contributed by atoms with E-state index in [9.17, 15) is 13.2 Å². The van der Waals surface area contributed by atoms with Gasteiger partial charge in [-0.25, -0.2) is 0 Å². The average Bonchev–Trinajstić information content (AvgIpc) is 2.39. The second-order valence-corrected chi connectivity index (χ2v) is 5.50. The van der Waals surface area contributed by atoms with E-state index in [-0.39, 0.29) is 0 Å². The van der Waals surface area contributed by atoms with Crippen LogP contribution in [0.3, 0.4) is 0 Å². The molecule has 1 fully saturated rings. The number of likely N-dealkylation sites (tertiary alicyclic amines) is 1. The molecule has 5 heteroatoms. The van der Waals surface area contributed by atoms with Crippen LogP contribution < -0.4 is 5.32 Å². The Balaban J connectivity index is 1.99. The van der Waals surface area contributed by atoms with Gasteiger partial charge in [-0.2, -0.15) is 13.2 Å². The minimum Gasteiger partial charge on any atom is -0.319 e. The first kappa shape index (κ1) is 15.3. The monoisotopic (exact) mass is 286 g/mol. The van der Waals surface area contributed by atoms with Crippen LogP contribution in [0.1, 0.15) is 24.0 Å². The van der Waals surface area contributed by atoms with Crippen LogP contribution in [0, 0.1) is 5.92 Å². The Kier molecular flexibility index (Phi) is 5.05. The van der Waals surface area contributed by atoms with E-state index >= 15 is 0 Å². The van der Waals surface area contributed by atoms with Crippen molar-refractivity contribution in [1.82, 2.24) is 10.2 Å². The van der Waals surface area contributed by atoms with Crippen molar-refractivity contribution in [1.29, 1.82) is 0 Å². The topological polar surface area (TPSA) is 15.3 Å². The largest absolute Gasteiger partial charge is 0.416 e. The number of alkyl halides is 3. The Morgan fingerprint density at radius 1 is 1.35 bits per heavy atom. The fourth-order valence-electron chi connectivity index (χ4n) is 2.85. The van der Waals surface area contributed by atoms with Crippen LogP contribution in [-0.2, 0) is 12.7 Å². The predicted octanol–water partition coefficient (Wildman–Crippen LogP) is 3.14. The van der Waals surface area contributed by atoms with Crippen LogP contribution in [0.15, 0.2) is 24.3 Å². The first-order valence-corrected chi connectivity index (χ1v) is 7.02. The highest BCUT2D eigenvalue weighted by molar-refractivity contribution is 5.25. The van der Waals surface area contributed by atoms with Crippen molar-refractivity contribution < 1.29 is 13.2 Å². The van der Waals surface area contributed by atoms with Gasteiger partial charge in [0.15, 0.2) is 0 Å². The fraction of sp³-hybridized carbons (Fsp3) is 0.600. The van der Waals surface area contributed by atoms with Crippen molar-refractivity contribution >= 4 is 0 Å². The van der Waals surface area contributed by atoms with Gasteiger partial charge in [0.05, 0.1) is 5.56 Å². The maximum Gasteiger partial charge on any atom is 0.416 e. The summed E-state index contributed by atoms with van der Waals surface area (Å²) in [5, 5.41) is 3.18. The van der Waals surface area contributed by atoms with Crippen molar-refractivity contribution in [3.63, 3.8) is 0 Å². The minimum atomic E-state index is -4.26. The number of hydrogen-bond donors (Lipinski definition) is 1. The molecule has 0 amide bonds. The molecule has 0 spiro atoms. The molecule has 1 heterocycles. The van der Waals surface area contributed by atoms with Gasteiger partial charge in [0, 0.05) is 13.1 Å². The van der Waals surface area contributed by atoms with Crippen molar-refractivity contribution in [2.45, 2.75) is 25.6 Å². The molecular weight excluding hydrogens is 265 g/mol. The second-order valence-electron chi connectivity index (χ2n) is 5.50. The number of halogens is 3. The first-order chi connectivity index (χ1) is 9.49. The summed E-state index contributed by atoms with van der Waals surface area (Å²) < 4.78 is 38.1. The lowest BCUT2D eigenvalue weighted by Crippen LogP contribution is -2.38. The van der Waals surface area contributed by atoms with E-state index < -0.39 is 11.7 Å². The first-order valence-electron chi connectivity index (χ1n) is 7.02. The highest BCUT2D eigenvalue weighted by atomic mass is 19.4. The Morgan fingerprint density at radius 2 is 2.15 bits per heavy atom. The summed E-state index contributed by atoms with van der Waals surface area (Å²) in [5.74, 6) is 0.597. The van der Waals surface area contributed by atoms with E-state index in [1.54, 1.807) is 6.07 Å². The summed E-state index contributed by atoms with van der Waals surface area (Å²) >= 11 is 0. The van der Waals surface area contributed by atoms with Crippen molar-refractivity contribution in [3.05, 3.63) is 35.4 Å². The molecule has 0 aromatic heterocycles. The molecule has 1 aliphatic heterocycles. The average molecular weight is 286 g/mol. The Bertz CT molecular complexity index is 429. The zero-order chi connectivity index (χ0) is 14.6. The molecule has 112 valence electrons. The molecule has 1 atom stereocenters. The molecule has 1 aromatic rings. The zero-order valence-electron chi connectivity index (χ0n) is 11.7. The summed E-state index contributed by atoms with van der Waals surface area (Å²) in [4.78, 5) is 2.25. The molecule has 20 heavy (non-hydrogen) atoms. The van der Waals surface area contributed by atoms with E-state index in [4.69, 9.17) is 0 Å². The highest BCUT2D eigenvalue weighted by Gasteiger charge is 2.30. The van der Waals surface area contributed by atoms with Crippen molar-refractivity contribution in [2.24, 2.45) is 5.92 Å². The molecule has 0 aliphatic carbocycles. The SMILES string of the molecule is CNCC1CCCN(Cc2cccc(C(F)(F)F)c2)C1. The van der Waals surface area contributed by atoms with Gasteiger partial charge in [0.25, 0.3) is 0 Å². The fourth-order valence-corrected chi connectivity index (χ4v) is 2.85. The van der Waals surface area contributed by atoms with E-state index in [0.717, 1.165) is 37.7 Å². The highest BCUT2D eigenvalue weighted by Crippen LogP contribution is 2.30. The molecule has 1 aliphatic rings. The summed E-state index contributed by atoms with van der Waals surface area (Å²) in [6.45, 7) is 3.50. The van der Waals surface area contributed by atoms with E-state index in [0.29, 0.717) is 12.5 Å². The van der Waals surface area contributed by atoms with Crippen molar-refractivity contribution in [3.8, 4) is 0 Å². The lowest BCUT2D eigenvalue weighted by molar-refractivity contribution is -0.137. The predicted molar refractivity (Wildman–Crippen MR) is 73.4 cm³/mol. The summed E-state index contributed by atoms with van der Waals surface area (Å²) in [5.41, 5.74) is 0.184. The molecule has 1 aromatic carbocycles. The van der Waals surface area contributed by atoms with Gasteiger partial charge in [-0.15, -0.1) is 0 Å². The van der Waals surface area contributed by atoms with Gasteiger partial charge in [-0.05, 0) is 50.5 Å². The third-order valence-electron chi connectivity index (χ3n) is 3.76. The number of piperidine rings is 1. The van der Waals surface area contributed by atoms with Crippen LogP contribution >= 0.6 is 0 Å². The molecule has 1 N–H and O–H groups in total. The van der Waals surface area contributed by atoms with E-state index in [1.807, 2.05) is 7.05 Å². The summed E-state index contributed by atoms with van der Waals surface area (Å²) in [7, 11) is 1.94. The Hall–Kier alpha value is -1.07. The maximum atomic E-state index is 12.7. The lowest BCUT2D eigenvalue weighted by Gasteiger charge is -2.32. The van der Waals surface area contributed by atoms with E-state index in [2.05, 4.69) is 10.2 Å². The van der Waals surface area contributed by atoms with Gasteiger partial charge in [0.2, 0.25) is 0 Å². The lowest BCUT2D eigenvalue weighted by atomic mass is 9.97. The minimum absolute atomic E-state index is 0.557. The number of nitrogens with zero attached hydrogens (tertiary/aromatic N) is 1.